The number of aryl methyl sites for hydroxylation is 1. The predicted molar refractivity (Wildman–Crippen MR) is 121 cm³/mol. The fourth-order valence-electron chi connectivity index (χ4n) is 4.59. The number of carbonyl (C=O) groups excluding carboxylic acids is 2. The Bertz CT molecular complexity index is 1090. The van der Waals surface area contributed by atoms with Gasteiger partial charge in [0.25, 0.3) is 5.91 Å². The average Bonchev–Trinajstić information content (AvgIpc) is 3.43. The second kappa shape index (κ2) is 8.09. The van der Waals surface area contributed by atoms with Crippen LogP contribution in [-0.4, -0.2) is 34.8 Å². The van der Waals surface area contributed by atoms with Crippen molar-refractivity contribution in [1.82, 2.24) is 9.88 Å². The molecule has 0 spiro atoms. The van der Waals surface area contributed by atoms with E-state index in [4.69, 9.17) is 10.7 Å². The second-order valence-corrected chi connectivity index (χ2v) is 10.1. The van der Waals surface area contributed by atoms with Gasteiger partial charge in [-0.05, 0) is 62.8 Å². The number of para-hydroxylation sites is 1. The van der Waals surface area contributed by atoms with Gasteiger partial charge < -0.3 is 11.1 Å². The summed E-state index contributed by atoms with van der Waals surface area (Å²) in [5.74, 6) is -0.540. The molecule has 0 saturated carbocycles. The molecule has 1 aliphatic heterocycles. The van der Waals surface area contributed by atoms with E-state index < -0.39 is 5.91 Å². The van der Waals surface area contributed by atoms with Crippen molar-refractivity contribution in [3.63, 3.8) is 0 Å². The highest BCUT2D eigenvalue weighted by Crippen LogP contribution is 2.39. The van der Waals surface area contributed by atoms with Gasteiger partial charge in [-0.3, -0.25) is 14.5 Å². The second-order valence-electron chi connectivity index (χ2n) is 7.98. The molecular formula is C22H24N4O2S2. The molecule has 3 heterocycles. The Morgan fingerprint density at radius 2 is 2.00 bits per heavy atom. The summed E-state index contributed by atoms with van der Waals surface area (Å²) in [6, 6.07) is 8.32. The lowest BCUT2D eigenvalue weighted by Crippen LogP contribution is -2.33. The highest BCUT2D eigenvalue weighted by molar-refractivity contribution is 7.18. The van der Waals surface area contributed by atoms with Crippen LogP contribution in [0.2, 0.25) is 0 Å². The zero-order chi connectivity index (χ0) is 20.7. The number of fused-ring (bicyclic) bond motifs is 2. The van der Waals surface area contributed by atoms with Crippen molar-refractivity contribution in [2.75, 3.05) is 18.4 Å². The maximum Gasteiger partial charge on any atom is 0.251 e. The van der Waals surface area contributed by atoms with Crippen LogP contribution in [0.3, 0.4) is 0 Å². The molecule has 3 N–H and O–H groups in total. The van der Waals surface area contributed by atoms with Gasteiger partial charge in [0, 0.05) is 4.88 Å². The average molecular weight is 441 g/mol. The summed E-state index contributed by atoms with van der Waals surface area (Å²) in [4.78, 5) is 33.1. The van der Waals surface area contributed by atoms with E-state index >= 15 is 0 Å². The lowest BCUT2D eigenvalue weighted by atomic mass is 9.95. The Kier molecular flexibility index (Phi) is 5.30. The van der Waals surface area contributed by atoms with Gasteiger partial charge in [-0.2, -0.15) is 0 Å². The quantitative estimate of drug-likeness (QED) is 0.625. The number of nitrogens with zero attached hydrogens (tertiary/aromatic N) is 2. The van der Waals surface area contributed by atoms with Crippen LogP contribution < -0.4 is 11.1 Å². The third-order valence-corrected chi connectivity index (χ3v) is 8.32. The number of hydrogen-bond donors (Lipinski definition) is 2. The third kappa shape index (κ3) is 3.64. The molecule has 1 aromatic carbocycles. The molecule has 1 saturated heterocycles. The maximum absolute atomic E-state index is 12.9. The monoisotopic (exact) mass is 440 g/mol. The van der Waals surface area contributed by atoms with Crippen molar-refractivity contribution in [2.45, 2.75) is 44.6 Å². The van der Waals surface area contributed by atoms with Crippen LogP contribution in [0.25, 0.3) is 10.2 Å². The predicted octanol–water partition coefficient (Wildman–Crippen LogP) is 4.11. The molecule has 6 nitrogen and oxygen atoms in total. The van der Waals surface area contributed by atoms with E-state index in [0.717, 1.165) is 61.2 Å². The normalized spacial score (nSPS) is 19.1. The van der Waals surface area contributed by atoms with Crippen molar-refractivity contribution in [1.29, 1.82) is 0 Å². The van der Waals surface area contributed by atoms with Gasteiger partial charge in [0.1, 0.15) is 10.0 Å². The number of rotatable bonds is 5. The van der Waals surface area contributed by atoms with Crippen molar-refractivity contribution in [3.05, 3.63) is 45.3 Å². The molecule has 3 aromatic rings. The zero-order valence-corrected chi connectivity index (χ0v) is 18.3. The number of amides is 2. The molecule has 0 radical (unpaired) electrons. The number of aromatic nitrogens is 1. The highest BCUT2D eigenvalue weighted by atomic mass is 32.1. The van der Waals surface area contributed by atoms with Gasteiger partial charge in [0.15, 0.2) is 0 Å². The summed E-state index contributed by atoms with van der Waals surface area (Å²) in [7, 11) is 0. The Morgan fingerprint density at radius 3 is 2.83 bits per heavy atom. The Balaban J connectivity index is 1.33. The van der Waals surface area contributed by atoms with E-state index in [2.05, 4.69) is 16.3 Å². The van der Waals surface area contributed by atoms with E-state index in [1.807, 2.05) is 18.2 Å². The molecule has 0 unspecified atom stereocenters. The minimum Gasteiger partial charge on any atom is -0.365 e. The van der Waals surface area contributed by atoms with Crippen molar-refractivity contribution < 1.29 is 9.59 Å². The Labute approximate surface area is 183 Å². The lowest BCUT2D eigenvalue weighted by Gasteiger charge is -2.22. The van der Waals surface area contributed by atoms with Crippen LogP contribution in [0.5, 0.6) is 0 Å². The molecule has 156 valence electrons. The molecule has 5 rings (SSSR count). The Morgan fingerprint density at radius 1 is 1.17 bits per heavy atom. The van der Waals surface area contributed by atoms with Gasteiger partial charge in [0.2, 0.25) is 5.91 Å². The zero-order valence-electron chi connectivity index (χ0n) is 16.6. The number of hydrogen-bond acceptors (Lipinski definition) is 6. The SMILES string of the molecule is NC(=O)c1c(NC(=O)CN2CCC[C@H]2c2nc3ccccc3s2)sc2c1CCCC2. The number of primary amides is 1. The number of likely N-dealkylation sites (tertiary alicyclic amines) is 1. The molecule has 1 fully saturated rings. The van der Waals surface area contributed by atoms with Gasteiger partial charge in [0.05, 0.1) is 28.4 Å². The van der Waals surface area contributed by atoms with E-state index in [9.17, 15) is 9.59 Å². The van der Waals surface area contributed by atoms with Crippen molar-refractivity contribution in [2.24, 2.45) is 5.73 Å². The highest BCUT2D eigenvalue weighted by Gasteiger charge is 2.31. The van der Waals surface area contributed by atoms with Gasteiger partial charge >= 0.3 is 0 Å². The molecule has 2 amide bonds. The number of nitrogens with two attached hydrogens (primary N) is 1. The van der Waals surface area contributed by atoms with Crippen LogP contribution in [-0.2, 0) is 17.6 Å². The van der Waals surface area contributed by atoms with Gasteiger partial charge in [-0.25, -0.2) is 4.98 Å². The standard InChI is InChI=1S/C22H24N4O2S2/c23-20(28)19-13-6-1-3-9-16(13)29-22(19)25-18(27)12-26-11-5-8-15(26)21-24-14-7-2-4-10-17(14)30-21/h2,4,7,10,15H,1,3,5-6,8-9,11-12H2,(H2,23,28)(H,25,27)/t15-/m0/s1. The van der Waals surface area contributed by atoms with Crippen LogP contribution >= 0.6 is 22.7 Å². The summed E-state index contributed by atoms with van der Waals surface area (Å²) in [6.45, 7) is 1.17. The smallest absolute Gasteiger partial charge is 0.251 e. The van der Waals surface area contributed by atoms with Crippen LogP contribution in [0.1, 0.15) is 57.5 Å². The summed E-state index contributed by atoms with van der Waals surface area (Å²) in [5, 5.41) is 4.69. The van der Waals surface area contributed by atoms with E-state index in [0.29, 0.717) is 17.1 Å². The number of carbonyl (C=O) groups is 2. The first-order valence-electron chi connectivity index (χ1n) is 10.4. The van der Waals surface area contributed by atoms with E-state index in [-0.39, 0.29) is 11.9 Å². The molecule has 8 heteroatoms. The fraction of sp³-hybridized carbons (Fsp3) is 0.409. The van der Waals surface area contributed by atoms with Gasteiger partial charge in [-0.15, -0.1) is 22.7 Å². The molecule has 1 atom stereocenters. The maximum atomic E-state index is 12.9. The minimum absolute atomic E-state index is 0.0934. The molecule has 2 aliphatic rings. The first-order valence-corrected chi connectivity index (χ1v) is 12.1. The molecule has 30 heavy (non-hydrogen) atoms. The number of thiazole rings is 1. The van der Waals surface area contributed by atoms with Crippen molar-refractivity contribution >= 4 is 49.7 Å². The first kappa shape index (κ1) is 19.7. The minimum atomic E-state index is -0.446. The molecular weight excluding hydrogens is 416 g/mol. The summed E-state index contributed by atoms with van der Waals surface area (Å²) in [6.07, 6.45) is 6.07. The number of anilines is 1. The lowest BCUT2D eigenvalue weighted by molar-refractivity contribution is -0.117. The van der Waals surface area contributed by atoms with Crippen LogP contribution in [0.15, 0.2) is 24.3 Å². The van der Waals surface area contributed by atoms with Crippen LogP contribution in [0.4, 0.5) is 5.00 Å². The summed E-state index contributed by atoms with van der Waals surface area (Å²) < 4.78 is 1.18. The molecule has 0 bridgehead atoms. The number of benzene rings is 1. The number of thiophene rings is 1. The van der Waals surface area contributed by atoms with Crippen LogP contribution in [0, 0.1) is 0 Å². The third-order valence-electron chi connectivity index (χ3n) is 5.98. The summed E-state index contributed by atoms with van der Waals surface area (Å²) in [5.41, 5.74) is 8.24. The molecule has 1 aliphatic carbocycles. The fourth-order valence-corrected chi connectivity index (χ4v) is 7.04. The summed E-state index contributed by atoms with van der Waals surface area (Å²) >= 11 is 3.23. The largest absolute Gasteiger partial charge is 0.365 e. The van der Waals surface area contributed by atoms with Crippen molar-refractivity contribution in [3.8, 4) is 0 Å². The Hall–Kier alpha value is -2.29. The van der Waals surface area contributed by atoms with E-state index in [1.165, 1.54) is 20.9 Å². The first-order chi connectivity index (χ1) is 14.6. The number of nitrogens with one attached hydrogen (secondary N) is 1. The topological polar surface area (TPSA) is 88.3 Å². The molecule has 2 aromatic heterocycles. The van der Waals surface area contributed by atoms with E-state index in [1.54, 1.807) is 11.3 Å². The van der Waals surface area contributed by atoms with Gasteiger partial charge in [-0.1, -0.05) is 12.1 Å².